The molecule has 0 unspecified atom stereocenters. The summed E-state index contributed by atoms with van der Waals surface area (Å²) >= 11 is 0. The van der Waals surface area contributed by atoms with E-state index in [2.05, 4.69) is 38.1 Å². The van der Waals surface area contributed by atoms with Crippen LogP contribution in [-0.2, 0) is 10.2 Å². The summed E-state index contributed by atoms with van der Waals surface area (Å²) < 4.78 is 5.76. The summed E-state index contributed by atoms with van der Waals surface area (Å²) in [6.45, 7) is 6.65. The van der Waals surface area contributed by atoms with Crippen molar-refractivity contribution < 1.29 is 9.53 Å². The maximum atomic E-state index is 12.5. The fourth-order valence-electron chi connectivity index (χ4n) is 3.63. The van der Waals surface area contributed by atoms with Crippen LogP contribution in [0, 0.1) is 20.8 Å². The van der Waals surface area contributed by atoms with E-state index in [0.717, 1.165) is 18.4 Å². The molecule has 0 amide bonds. The largest absolute Gasteiger partial charge is 0.461 e. The molecule has 2 nitrogen and oxygen atoms in total. The highest BCUT2D eigenvalue weighted by Crippen LogP contribution is 2.41. The Labute approximate surface area is 144 Å². The van der Waals surface area contributed by atoms with Gasteiger partial charge in [-0.25, -0.2) is 4.79 Å². The molecule has 0 radical (unpaired) electrons. The maximum absolute atomic E-state index is 12.5. The molecule has 1 aliphatic rings. The predicted molar refractivity (Wildman–Crippen MR) is 97.5 cm³/mol. The smallest absolute Gasteiger partial charge is 0.338 e. The van der Waals surface area contributed by atoms with Gasteiger partial charge in [-0.2, -0.15) is 0 Å². The van der Waals surface area contributed by atoms with E-state index < -0.39 is 0 Å². The van der Waals surface area contributed by atoms with E-state index in [9.17, 15) is 4.79 Å². The quantitative estimate of drug-likeness (QED) is 0.716. The van der Waals surface area contributed by atoms with E-state index >= 15 is 0 Å². The van der Waals surface area contributed by atoms with E-state index in [0.29, 0.717) is 12.2 Å². The normalized spacial score (nSPS) is 16.1. The third kappa shape index (κ3) is 3.38. The van der Waals surface area contributed by atoms with Crippen LogP contribution >= 0.6 is 0 Å². The molecule has 0 bridgehead atoms. The van der Waals surface area contributed by atoms with Crippen molar-refractivity contribution in [3.63, 3.8) is 0 Å². The van der Waals surface area contributed by atoms with Crippen LogP contribution in [-0.4, -0.2) is 12.6 Å². The van der Waals surface area contributed by atoms with E-state index in [1.165, 1.54) is 29.5 Å². The van der Waals surface area contributed by atoms with Crippen LogP contribution in [0.25, 0.3) is 0 Å². The summed E-state index contributed by atoms with van der Waals surface area (Å²) in [4.78, 5) is 12.5. The number of ether oxygens (including phenoxy) is 1. The van der Waals surface area contributed by atoms with Crippen LogP contribution in [0.15, 0.2) is 42.5 Å². The van der Waals surface area contributed by atoms with E-state index in [1.54, 1.807) is 0 Å². The molecule has 0 heterocycles. The highest BCUT2D eigenvalue weighted by atomic mass is 16.5. The topological polar surface area (TPSA) is 26.3 Å². The zero-order chi connectivity index (χ0) is 17.2. The van der Waals surface area contributed by atoms with Crippen molar-refractivity contribution in [1.82, 2.24) is 0 Å². The summed E-state index contributed by atoms with van der Waals surface area (Å²) in [5, 5.41) is 0. The average molecular weight is 322 g/mol. The van der Waals surface area contributed by atoms with Gasteiger partial charge >= 0.3 is 5.97 Å². The second-order valence-electron chi connectivity index (χ2n) is 7.23. The Bertz CT molecular complexity index is 722. The molecule has 0 aliphatic heterocycles. The predicted octanol–water partition coefficient (Wildman–Crippen LogP) is 5.28. The second kappa shape index (κ2) is 6.80. The molecule has 0 N–H and O–H groups in total. The molecule has 0 spiro atoms. The molecule has 1 aliphatic carbocycles. The number of esters is 1. The van der Waals surface area contributed by atoms with Crippen LogP contribution < -0.4 is 0 Å². The molecule has 1 saturated carbocycles. The summed E-state index contributed by atoms with van der Waals surface area (Å²) in [6, 6.07) is 14.5. The standard InChI is InChI=1S/C22H26O2/c1-16-6-10-20(11-7-16)22(12-4-5-13-22)15-24-21(23)19-9-8-17(2)18(3)14-19/h6-11,14H,4-5,12-13,15H2,1-3H3. The number of hydrogen-bond donors (Lipinski definition) is 0. The van der Waals surface area contributed by atoms with Gasteiger partial charge in [0, 0.05) is 5.41 Å². The molecular weight excluding hydrogens is 296 g/mol. The van der Waals surface area contributed by atoms with Gasteiger partial charge in [-0.15, -0.1) is 0 Å². The number of aryl methyl sites for hydroxylation is 3. The van der Waals surface area contributed by atoms with Gasteiger partial charge in [-0.05, 0) is 62.4 Å². The van der Waals surface area contributed by atoms with Gasteiger partial charge in [-0.3, -0.25) is 0 Å². The van der Waals surface area contributed by atoms with Crippen LogP contribution in [0.5, 0.6) is 0 Å². The van der Waals surface area contributed by atoms with Crippen molar-refractivity contribution in [1.29, 1.82) is 0 Å². The summed E-state index contributed by atoms with van der Waals surface area (Å²) in [5.41, 5.74) is 5.52. The molecule has 24 heavy (non-hydrogen) atoms. The lowest BCUT2D eigenvalue weighted by Gasteiger charge is -2.29. The van der Waals surface area contributed by atoms with Crippen LogP contribution in [0.1, 0.15) is 58.3 Å². The third-order valence-corrected chi connectivity index (χ3v) is 5.45. The van der Waals surface area contributed by atoms with Gasteiger partial charge < -0.3 is 4.74 Å². The van der Waals surface area contributed by atoms with Crippen molar-refractivity contribution in [2.75, 3.05) is 6.61 Å². The van der Waals surface area contributed by atoms with Crippen molar-refractivity contribution in [3.8, 4) is 0 Å². The number of hydrogen-bond acceptors (Lipinski definition) is 2. The Morgan fingerprint density at radius 3 is 2.25 bits per heavy atom. The summed E-state index contributed by atoms with van der Waals surface area (Å²) in [7, 11) is 0. The number of rotatable bonds is 4. The molecule has 126 valence electrons. The molecule has 0 saturated heterocycles. The number of carbonyl (C=O) groups is 1. The lowest BCUT2D eigenvalue weighted by Crippen LogP contribution is -2.30. The fourth-order valence-corrected chi connectivity index (χ4v) is 3.63. The third-order valence-electron chi connectivity index (χ3n) is 5.45. The van der Waals surface area contributed by atoms with E-state index in [1.807, 2.05) is 25.1 Å². The molecule has 1 fully saturated rings. The molecule has 0 aromatic heterocycles. The monoisotopic (exact) mass is 322 g/mol. The maximum Gasteiger partial charge on any atom is 0.338 e. The second-order valence-corrected chi connectivity index (χ2v) is 7.23. The molecular formula is C22H26O2. The Morgan fingerprint density at radius 2 is 1.62 bits per heavy atom. The Balaban J connectivity index is 1.75. The highest BCUT2D eigenvalue weighted by molar-refractivity contribution is 5.89. The minimum Gasteiger partial charge on any atom is -0.461 e. The highest BCUT2D eigenvalue weighted by Gasteiger charge is 2.37. The van der Waals surface area contributed by atoms with Crippen molar-refractivity contribution in [2.24, 2.45) is 0 Å². The van der Waals surface area contributed by atoms with Crippen molar-refractivity contribution in [2.45, 2.75) is 51.9 Å². The van der Waals surface area contributed by atoms with Gasteiger partial charge in [0.05, 0.1) is 5.56 Å². The molecule has 2 aromatic rings. The van der Waals surface area contributed by atoms with Gasteiger partial charge in [-0.1, -0.05) is 48.7 Å². The summed E-state index contributed by atoms with van der Waals surface area (Å²) in [6.07, 6.45) is 4.59. The summed E-state index contributed by atoms with van der Waals surface area (Å²) in [5.74, 6) is -0.212. The molecule has 3 rings (SSSR count). The van der Waals surface area contributed by atoms with Gasteiger partial charge in [0.2, 0.25) is 0 Å². The van der Waals surface area contributed by atoms with E-state index in [4.69, 9.17) is 4.74 Å². The minimum absolute atomic E-state index is 0.0108. The average Bonchev–Trinajstić information content (AvgIpc) is 3.06. The number of benzene rings is 2. The Kier molecular flexibility index (Phi) is 4.75. The van der Waals surface area contributed by atoms with Crippen molar-refractivity contribution in [3.05, 3.63) is 70.3 Å². The van der Waals surface area contributed by atoms with Crippen LogP contribution in [0.3, 0.4) is 0 Å². The first-order valence-electron chi connectivity index (χ1n) is 8.82. The SMILES string of the molecule is Cc1ccc(C2(COC(=O)c3ccc(C)c(C)c3)CCCC2)cc1. The minimum atomic E-state index is -0.212. The number of carbonyl (C=O) groups excluding carboxylic acids is 1. The lowest BCUT2D eigenvalue weighted by atomic mass is 9.79. The Hall–Kier alpha value is -2.09. The zero-order valence-electron chi connectivity index (χ0n) is 14.9. The Morgan fingerprint density at radius 1 is 0.958 bits per heavy atom. The first-order chi connectivity index (χ1) is 11.5. The fraction of sp³-hybridized carbons (Fsp3) is 0.409. The van der Waals surface area contributed by atoms with Gasteiger partial charge in [0.1, 0.15) is 6.61 Å². The lowest BCUT2D eigenvalue weighted by molar-refractivity contribution is 0.0402. The molecule has 0 atom stereocenters. The molecule has 2 heteroatoms. The van der Waals surface area contributed by atoms with Crippen molar-refractivity contribution >= 4 is 5.97 Å². The van der Waals surface area contributed by atoms with Gasteiger partial charge in [0.15, 0.2) is 0 Å². The first-order valence-corrected chi connectivity index (χ1v) is 8.82. The van der Waals surface area contributed by atoms with Crippen LogP contribution in [0.4, 0.5) is 0 Å². The van der Waals surface area contributed by atoms with Crippen LogP contribution in [0.2, 0.25) is 0 Å². The van der Waals surface area contributed by atoms with Gasteiger partial charge in [0.25, 0.3) is 0 Å². The first kappa shape index (κ1) is 16.8. The zero-order valence-corrected chi connectivity index (χ0v) is 14.9. The van der Waals surface area contributed by atoms with E-state index in [-0.39, 0.29) is 11.4 Å². The molecule has 2 aromatic carbocycles.